The minimum Gasteiger partial charge on any atom is -0.378 e. The summed E-state index contributed by atoms with van der Waals surface area (Å²) in [5.41, 5.74) is 2.42. The number of piperidine rings is 1. The molecule has 2 heterocycles. The van der Waals surface area contributed by atoms with E-state index in [9.17, 15) is 8.42 Å². The predicted molar refractivity (Wildman–Crippen MR) is 128 cm³/mol. The average molecular weight is 458 g/mol. The number of benzene rings is 1. The molecule has 1 N–H and O–H groups in total. The van der Waals surface area contributed by atoms with Gasteiger partial charge in [0.05, 0.1) is 19.0 Å². The molecule has 1 saturated carbocycles. The van der Waals surface area contributed by atoms with Crippen LogP contribution in [0, 0.1) is 12.8 Å². The van der Waals surface area contributed by atoms with Crippen LogP contribution in [0.2, 0.25) is 0 Å². The van der Waals surface area contributed by atoms with Crippen LogP contribution in [0.3, 0.4) is 0 Å². The fourth-order valence-electron chi connectivity index (χ4n) is 5.09. The van der Waals surface area contributed by atoms with Gasteiger partial charge >= 0.3 is 0 Å². The van der Waals surface area contributed by atoms with Gasteiger partial charge in [0.25, 0.3) is 0 Å². The molecule has 2 atom stereocenters. The third-order valence-electron chi connectivity index (χ3n) is 6.79. The Morgan fingerprint density at radius 2 is 1.78 bits per heavy atom. The molecule has 0 bridgehead atoms. The molecule has 1 aliphatic heterocycles. The van der Waals surface area contributed by atoms with Gasteiger partial charge in [-0.2, -0.15) is 0 Å². The second-order valence-electron chi connectivity index (χ2n) is 9.35. The first-order valence-electron chi connectivity index (χ1n) is 11.7. The second-order valence-corrected chi connectivity index (χ2v) is 11.1. The van der Waals surface area contributed by atoms with Crippen LogP contribution in [0.15, 0.2) is 48.5 Å². The Bertz CT molecular complexity index is 975. The van der Waals surface area contributed by atoms with Gasteiger partial charge in [-0.05, 0) is 62.6 Å². The van der Waals surface area contributed by atoms with E-state index in [0.717, 1.165) is 56.7 Å². The Balaban J connectivity index is 1.36. The molecule has 7 heteroatoms. The van der Waals surface area contributed by atoms with E-state index in [0.29, 0.717) is 12.5 Å². The molecular formula is C25H35N3O3S. The minimum atomic E-state index is -3.27. The van der Waals surface area contributed by atoms with E-state index in [2.05, 4.69) is 44.9 Å². The van der Waals surface area contributed by atoms with Gasteiger partial charge in [-0.15, -0.1) is 0 Å². The van der Waals surface area contributed by atoms with Crippen molar-refractivity contribution in [2.45, 2.75) is 57.1 Å². The molecule has 2 aromatic rings. The molecule has 2 fully saturated rings. The first-order valence-corrected chi connectivity index (χ1v) is 13.6. The van der Waals surface area contributed by atoms with Crippen LogP contribution in [0.5, 0.6) is 0 Å². The monoisotopic (exact) mass is 457 g/mol. The largest absolute Gasteiger partial charge is 0.378 e. The number of rotatable bonds is 7. The maximum atomic E-state index is 11.9. The summed E-state index contributed by atoms with van der Waals surface area (Å²) in [5, 5.41) is 0. The number of sulfonamides is 1. The van der Waals surface area contributed by atoms with Crippen molar-refractivity contribution >= 4 is 15.8 Å². The lowest BCUT2D eigenvalue weighted by molar-refractivity contribution is -0.00213. The van der Waals surface area contributed by atoms with Crippen molar-refractivity contribution in [3.05, 3.63) is 59.8 Å². The minimum absolute atomic E-state index is 0.0904. The highest BCUT2D eigenvalue weighted by Crippen LogP contribution is 2.34. The van der Waals surface area contributed by atoms with Crippen molar-refractivity contribution < 1.29 is 13.2 Å². The van der Waals surface area contributed by atoms with Crippen LogP contribution in [-0.2, 0) is 14.8 Å². The standard InChI is InChI=1S/C25H35N3O3S/c1-19-7-6-10-25(26-19)28-16-15-24(27-32(2,29)30)22(17-28)18-31-23-13-11-21(12-14-23)20-8-4-3-5-9-20/h3-10,21-24,27H,11-18H2,1-2H3/t21-,22-,23+,24-/m0/s1. The van der Waals surface area contributed by atoms with E-state index < -0.39 is 10.0 Å². The maximum Gasteiger partial charge on any atom is 0.208 e. The summed E-state index contributed by atoms with van der Waals surface area (Å²) >= 11 is 0. The first-order chi connectivity index (χ1) is 15.4. The lowest BCUT2D eigenvalue weighted by Crippen LogP contribution is -2.52. The number of anilines is 1. The Morgan fingerprint density at radius 1 is 1.03 bits per heavy atom. The van der Waals surface area contributed by atoms with Gasteiger partial charge < -0.3 is 9.64 Å². The molecule has 0 unspecified atom stereocenters. The zero-order chi connectivity index (χ0) is 22.6. The van der Waals surface area contributed by atoms with Crippen LogP contribution in [0.4, 0.5) is 5.82 Å². The Hall–Kier alpha value is -1.96. The number of aryl methyl sites for hydroxylation is 1. The third-order valence-corrected chi connectivity index (χ3v) is 7.52. The van der Waals surface area contributed by atoms with Crippen molar-refractivity contribution in [2.24, 2.45) is 5.92 Å². The van der Waals surface area contributed by atoms with Crippen molar-refractivity contribution in [1.29, 1.82) is 0 Å². The zero-order valence-electron chi connectivity index (χ0n) is 19.1. The highest BCUT2D eigenvalue weighted by molar-refractivity contribution is 7.88. The van der Waals surface area contributed by atoms with Crippen LogP contribution in [0.25, 0.3) is 0 Å². The molecule has 4 rings (SSSR count). The molecule has 0 spiro atoms. The smallest absolute Gasteiger partial charge is 0.208 e. The van der Waals surface area contributed by atoms with Crippen LogP contribution < -0.4 is 9.62 Å². The van der Waals surface area contributed by atoms with Gasteiger partial charge in [0, 0.05) is 30.7 Å². The average Bonchev–Trinajstić information content (AvgIpc) is 2.78. The summed E-state index contributed by atoms with van der Waals surface area (Å²) in [6.07, 6.45) is 6.63. The molecule has 0 amide bonds. The molecule has 6 nitrogen and oxygen atoms in total. The molecule has 1 aliphatic carbocycles. The zero-order valence-corrected chi connectivity index (χ0v) is 19.9. The normalized spacial score (nSPS) is 26.8. The Kier molecular flexibility index (Phi) is 7.48. The summed E-state index contributed by atoms with van der Waals surface area (Å²) in [5.74, 6) is 1.66. The molecule has 2 aliphatic rings. The molecular weight excluding hydrogens is 422 g/mol. The predicted octanol–water partition coefficient (Wildman–Crippen LogP) is 3.88. The van der Waals surface area contributed by atoms with Crippen molar-refractivity contribution in [3.63, 3.8) is 0 Å². The van der Waals surface area contributed by atoms with E-state index in [1.165, 1.54) is 11.8 Å². The first kappa shape index (κ1) is 23.2. The quantitative estimate of drug-likeness (QED) is 0.683. The van der Waals surface area contributed by atoms with Gasteiger partial charge in [0.15, 0.2) is 0 Å². The SMILES string of the molecule is Cc1cccc(N2CC[C@H](NS(C)(=O)=O)[C@H](CO[C@H]3CC[C@@H](c4ccccc4)CC3)C2)n1. The molecule has 174 valence electrons. The summed E-state index contributed by atoms with van der Waals surface area (Å²) in [4.78, 5) is 6.92. The van der Waals surface area contributed by atoms with E-state index >= 15 is 0 Å². The van der Waals surface area contributed by atoms with Crippen molar-refractivity contribution in [2.75, 3.05) is 30.9 Å². The molecule has 0 radical (unpaired) electrons. The van der Waals surface area contributed by atoms with E-state index in [-0.39, 0.29) is 18.1 Å². The second kappa shape index (κ2) is 10.3. The van der Waals surface area contributed by atoms with Crippen LogP contribution >= 0.6 is 0 Å². The molecule has 32 heavy (non-hydrogen) atoms. The number of ether oxygens (including phenoxy) is 1. The highest BCUT2D eigenvalue weighted by atomic mass is 32.2. The summed E-state index contributed by atoms with van der Waals surface area (Å²) in [6, 6.07) is 16.7. The fraction of sp³-hybridized carbons (Fsp3) is 0.560. The van der Waals surface area contributed by atoms with Crippen molar-refractivity contribution in [3.8, 4) is 0 Å². The van der Waals surface area contributed by atoms with Gasteiger partial charge in [-0.3, -0.25) is 0 Å². The number of hydrogen-bond donors (Lipinski definition) is 1. The van der Waals surface area contributed by atoms with Gasteiger partial charge in [0.1, 0.15) is 5.82 Å². The fourth-order valence-corrected chi connectivity index (χ4v) is 5.95. The van der Waals surface area contributed by atoms with E-state index in [1.54, 1.807) is 0 Å². The van der Waals surface area contributed by atoms with Gasteiger partial charge in [-0.25, -0.2) is 18.1 Å². The topological polar surface area (TPSA) is 71.5 Å². The number of hydrogen-bond acceptors (Lipinski definition) is 5. The molecule has 1 aromatic carbocycles. The third kappa shape index (κ3) is 6.30. The number of nitrogens with zero attached hydrogens (tertiary/aromatic N) is 2. The Morgan fingerprint density at radius 3 is 2.47 bits per heavy atom. The van der Waals surface area contributed by atoms with Crippen molar-refractivity contribution in [1.82, 2.24) is 9.71 Å². The van der Waals surface area contributed by atoms with E-state index in [1.807, 2.05) is 25.1 Å². The van der Waals surface area contributed by atoms with Crippen LogP contribution in [0.1, 0.15) is 49.3 Å². The summed E-state index contributed by atoms with van der Waals surface area (Å²) < 4.78 is 33.1. The van der Waals surface area contributed by atoms with Gasteiger partial charge in [0.2, 0.25) is 10.0 Å². The maximum absolute atomic E-state index is 11.9. The number of pyridine rings is 1. The lowest BCUT2D eigenvalue weighted by Gasteiger charge is -2.40. The Labute approximate surface area is 192 Å². The summed E-state index contributed by atoms with van der Waals surface area (Å²) in [6.45, 7) is 4.08. The number of aromatic nitrogens is 1. The van der Waals surface area contributed by atoms with Crippen LogP contribution in [-0.4, -0.2) is 51.5 Å². The lowest BCUT2D eigenvalue weighted by atomic mass is 9.82. The highest BCUT2D eigenvalue weighted by Gasteiger charge is 2.33. The summed E-state index contributed by atoms with van der Waals surface area (Å²) in [7, 11) is -3.27. The van der Waals surface area contributed by atoms with E-state index in [4.69, 9.17) is 4.74 Å². The number of nitrogens with one attached hydrogen (secondary N) is 1. The van der Waals surface area contributed by atoms with Gasteiger partial charge in [-0.1, -0.05) is 36.4 Å². The molecule has 1 saturated heterocycles. The molecule has 1 aromatic heterocycles.